The summed E-state index contributed by atoms with van der Waals surface area (Å²) in [5.41, 5.74) is 2.00. The number of nitrogens with one attached hydrogen (secondary N) is 1. The van der Waals surface area contributed by atoms with Crippen molar-refractivity contribution in [1.29, 1.82) is 0 Å². The van der Waals surface area contributed by atoms with E-state index in [0.717, 1.165) is 30.5 Å². The number of hydrogen-bond acceptors (Lipinski definition) is 3. The number of aromatic amines is 1. The second-order valence-corrected chi connectivity index (χ2v) is 5.61. The first kappa shape index (κ1) is 15.1. The van der Waals surface area contributed by atoms with Crippen LogP contribution in [0, 0.1) is 6.92 Å². The second-order valence-electron chi connectivity index (χ2n) is 5.61. The Kier molecular flexibility index (Phi) is 5.24. The molecule has 1 aliphatic carbocycles. The summed E-state index contributed by atoms with van der Waals surface area (Å²) in [5, 5.41) is 9.50. The van der Waals surface area contributed by atoms with Crippen molar-refractivity contribution >= 4 is 0 Å². The molecular weight excluding hydrogens is 254 g/mol. The predicted octanol–water partition coefficient (Wildman–Crippen LogP) is 2.84. The Balaban J connectivity index is 2.34. The Morgan fingerprint density at radius 3 is 2.40 bits per heavy atom. The number of rotatable bonds is 4. The van der Waals surface area contributed by atoms with Crippen molar-refractivity contribution in [2.45, 2.75) is 71.5 Å². The van der Waals surface area contributed by atoms with Crippen molar-refractivity contribution in [2.24, 2.45) is 0 Å². The third-order valence-electron chi connectivity index (χ3n) is 4.17. The lowest BCUT2D eigenvalue weighted by atomic mass is 10.1. The van der Waals surface area contributed by atoms with Gasteiger partial charge in [0, 0.05) is 11.3 Å². The minimum Gasteiger partial charge on any atom is -0.489 e. The van der Waals surface area contributed by atoms with Crippen LogP contribution in [0.3, 0.4) is 0 Å². The number of ether oxygens (including phenoxy) is 1. The van der Waals surface area contributed by atoms with Crippen LogP contribution in [-0.2, 0) is 13.0 Å². The summed E-state index contributed by atoms with van der Waals surface area (Å²) in [6, 6.07) is 0. The van der Waals surface area contributed by atoms with Gasteiger partial charge in [0.15, 0.2) is 0 Å². The highest BCUT2D eigenvalue weighted by atomic mass is 16.5. The van der Waals surface area contributed by atoms with Gasteiger partial charge in [0.1, 0.15) is 5.75 Å². The van der Waals surface area contributed by atoms with Crippen molar-refractivity contribution in [2.75, 3.05) is 0 Å². The summed E-state index contributed by atoms with van der Waals surface area (Å²) in [6.45, 7) is 3.66. The lowest BCUT2D eigenvalue weighted by molar-refractivity contribution is 0.173. The molecule has 2 N–H and O–H groups in total. The first-order valence-corrected chi connectivity index (χ1v) is 7.69. The maximum Gasteiger partial charge on any atom is 0.257 e. The van der Waals surface area contributed by atoms with E-state index in [2.05, 4.69) is 4.98 Å². The van der Waals surface area contributed by atoms with Crippen molar-refractivity contribution < 1.29 is 9.84 Å². The SMILES string of the molecule is CCc1c(C)[nH]c(=O)c(CO)c1OC1CCCCCC1. The highest BCUT2D eigenvalue weighted by molar-refractivity contribution is 5.42. The van der Waals surface area contributed by atoms with Gasteiger partial charge in [0.2, 0.25) is 0 Å². The van der Waals surface area contributed by atoms with E-state index in [4.69, 9.17) is 4.74 Å². The van der Waals surface area contributed by atoms with Crippen LogP contribution in [-0.4, -0.2) is 16.2 Å². The number of aromatic nitrogens is 1. The van der Waals surface area contributed by atoms with Crippen molar-refractivity contribution in [1.82, 2.24) is 4.98 Å². The molecule has 0 unspecified atom stereocenters. The molecule has 1 aliphatic rings. The Bertz CT molecular complexity index is 499. The molecule has 1 fully saturated rings. The Morgan fingerprint density at radius 2 is 1.85 bits per heavy atom. The van der Waals surface area contributed by atoms with Crippen molar-refractivity contribution in [3.63, 3.8) is 0 Å². The topological polar surface area (TPSA) is 62.3 Å². The third kappa shape index (κ3) is 3.23. The normalized spacial score (nSPS) is 16.9. The molecule has 1 saturated carbocycles. The molecule has 0 radical (unpaired) electrons. The molecule has 0 amide bonds. The molecule has 1 aromatic rings. The highest BCUT2D eigenvalue weighted by Crippen LogP contribution is 2.29. The van der Waals surface area contributed by atoms with E-state index in [1.165, 1.54) is 25.7 Å². The minimum absolute atomic E-state index is 0.175. The largest absolute Gasteiger partial charge is 0.489 e. The van der Waals surface area contributed by atoms with Crippen LogP contribution < -0.4 is 10.3 Å². The van der Waals surface area contributed by atoms with E-state index >= 15 is 0 Å². The average molecular weight is 279 g/mol. The van der Waals surface area contributed by atoms with Gasteiger partial charge in [-0.15, -0.1) is 0 Å². The average Bonchev–Trinajstić information content (AvgIpc) is 2.68. The maximum absolute atomic E-state index is 12.0. The van der Waals surface area contributed by atoms with Gasteiger partial charge in [0.05, 0.1) is 18.3 Å². The van der Waals surface area contributed by atoms with E-state index in [0.29, 0.717) is 11.3 Å². The summed E-state index contributed by atoms with van der Waals surface area (Å²) >= 11 is 0. The third-order valence-corrected chi connectivity index (χ3v) is 4.17. The predicted molar refractivity (Wildman–Crippen MR) is 79.2 cm³/mol. The van der Waals surface area contributed by atoms with E-state index < -0.39 is 0 Å². The quantitative estimate of drug-likeness (QED) is 0.833. The van der Waals surface area contributed by atoms with Gasteiger partial charge in [-0.05, 0) is 39.0 Å². The summed E-state index contributed by atoms with van der Waals surface area (Å²) < 4.78 is 6.16. The molecule has 1 aromatic heterocycles. The van der Waals surface area contributed by atoms with Gasteiger partial charge in [-0.2, -0.15) is 0 Å². The van der Waals surface area contributed by atoms with Crippen LogP contribution in [0.1, 0.15) is 62.3 Å². The zero-order valence-electron chi connectivity index (χ0n) is 12.5. The van der Waals surface area contributed by atoms with Gasteiger partial charge >= 0.3 is 0 Å². The zero-order chi connectivity index (χ0) is 14.5. The molecule has 4 nitrogen and oxygen atoms in total. The first-order valence-electron chi connectivity index (χ1n) is 7.69. The molecule has 4 heteroatoms. The molecule has 1 heterocycles. The maximum atomic E-state index is 12.0. The second kappa shape index (κ2) is 6.93. The number of aryl methyl sites for hydroxylation is 1. The summed E-state index contributed by atoms with van der Waals surface area (Å²) in [7, 11) is 0. The Morgan fingerprint density at radius 1 is 1.20 bits per heavy atom. The van der Waals surface area contributed by atoms with Gasteiger partial charge in [-0.25, -0.2) is 0 Å². The van der Waals surface area contributed by atoms with E-state index in [9.17, 15) is 9.90 Å². The van der Waals surface area contributed by atoms with Crippen LogP contribution in [0.25, 0.3) is 0 Å². The number of hydrogen-bond donors (Lipinski definition) is 2. The summed E-state index contributed by atoms with van der Waals surface area (Å²) in [4.78, 5) is 14.8. The molecule has 0 saturated heterocycles. The lowest BCUT2D eigenvalue weighted by Crippen LogP contribution is -2.23. The summed E-state index contributed by atoms with van der Waals surface area (Å²) in [5.74, 6) is 0.628. The van der Waals surface area contributed by atoms with E-state index in [1.54, 1.807) is 0 Å². The van der Waals surface area contributed by atoms with Gasteiger partial charge in [-0.3, -0.25) is 4.79 Å². The van der Waals surface area contributed by atoms with Crippen LogP contribution in [0.5, 0.6) is 5.75 Å². The van der Waals surface area contributed by atoms with E-state index in [-0.39, 0.29) is 18.3 Å². The van der Waals surface area contributed by atoms with Crippen LogP contribution in [0.4, 0.5) is 0 Å². The van der Waals surface area contributed by atoms with Gasteiger partial charge in [-0.1, -0.05) is 19.8 Å². The van der Waals surface area contributed by atoms with Crippen molar-refractivity contribution in [3.05, 3.63) is 27.2 Å². The smallest absolute Gasteiger partial charge is 0.257 e. The van der Waals surface area contributed by atoms with Crippen LogP contribution in [0.2, 0.25) is 0 Å². The van der Waals surface area contributed by atoms with Crippen molar-refractivity contribution in [3.8, 4) is 5.75 Å². The Hall–Kier alpha value is -1.29. The molecule has 0 spiro atoms. The molecule has 0 bridgehead atoms. The molecule has 0 aromatic carbocycles. The van der Waals surface area contributed by atoms with Gasteiger partial charge < -0.3 is 14.8 Å². The van der Waals surface area contributed by atoms with Crippen LogP contribution in [0.15, 0.2) is 4.79 Å². The molecule has 112 valence electrons. The molecule has 0 atom stereocenters. The lowest BCUT2D eigenvalue weighted by Gasteiger charge is -2.22. The number of H-pyrrole nitrogens is 1. The fourth-order valence-electron chi connectivity index (χ4n) is 3.01. The number of aliphatic hydroxyl groups is 1. The minimum atomic E-state index is -0.273. The highest BCUT2D eigenvalue weighted by Gasteiger charge is 2.20. The fraction of sp³-hybridized carbons (Fsp3) is 0.688. The number of aliphatic hydroxyl groups excluding tert-OH is 1. The molecular formula is C16H25NO3. The molecule has 2 rings (SSSR count). The standard InChI is InChI=1S/C16H25NO3/c1-3-13-11(2)17-16(19)14(10-18)15(13)20-12-8-6-4-5-7-9-12/h12,18H,3-10H2,1-2H3,(H,17,19). The Labute approximate surface area is 120 Å². The summed E-state index contributed by atoms with van der Waals surface area (Å²) in [6.07, 6.45) is 7.95. The first-order chi connectivity index (χ1) is 9.67. The monoisotopic (exact) mass is 279 g/mol. The molecule has 0 aliphatic heterocycles. The van der Waals surface area contributed by atoms with Gasteiger partial charge in [0.25, 0.3) is 5.56 Å². The molecule has 20 heavy (non-hydrogen) atoms. The van der Waals surface area contributed by atoms with E-state index in [1.807, 2.05) is 13.8 Å². The fourth-order valence-corrected chi connectivity index (χ4v) is 3.01. The number of pyridine rings is 1. The van der Waals surface area contributed by atoms with Crippen LogP contribution >= 0.6 is 0 Å². The zero-order valence-corrected chi connectivity index (χ0v) is 12.5.